The Hall–Kier alpha value is -2.74. The maximum atomic E-state index is 12.5. The summed E-state index contributed by atoms with van der Waals surface area (Å²) in [6, 6.07) is 5.52. The van der Waals surface area contributed by atoms with Crippen LogP contribution in [-0.2, 0) is 4.79 Å². The molecule has 8 nitrogen and oxygen atoms in total. The number of carboxylic acids is 1. The molecule has 2 aromatic rings. The molecule has 2 aromatic heterocycles. The molecule has 2 heterocycles. The van der Waals surface area contributed by atoms with E-state index in [1.165, 1.54) is 12.8 Å². The van der Waals surface area contributed by atoms with Gasteiger partial charge in [0.1, 0.15) is 0 Å². The number of nitrogens with one attached hydrogen (secondary N) is 1. The first-order chi connectivity index (χ1) is 13.1. The molecule has 2 saturated carbocycles. The van der Waals surface area contributed by atoms with E-state index in [4.69, 9.17) is 5.11 Å². The zero-order valence-corrected chi connectivity index (χ0v) is 15.0. The van der Waals surface area contributed by atoms with E-state index in [1.807, 2.05) is 0 Å². The summed E-state index contributed by atoms with van der Waals surface area (Å²) in [4.78, 5) is 29.9. The van der Waals surface area contributed by atoms with Crippen molar-refractivity contribution in [1.29, 1.82) is 0 Å². The molecule has 0 spiro atoms. The van der Waals surface area contributed by atoms with Gasteiger partial charge in [-0.2, -0.15) is 5.10 Å². The predicted octanol–water partition coefficient (Wildman–Crippen LogP) is 1.32. The van der Waals surface area contributed by atoms with E-state index in [9.17, 15) is 9.59 Å². The van der Waals surface area contributed by atoms with E-state index in [0.29, 0.717) is 17.3 Å². The van der Waals surface area contributed by atoms with Gasteiger partial charge in [-0.1, -0.05) is 0 Å². The summed E-state index contributed by atoms with van der Waals surface area (Å²) in [5.41, 5.74) is 0.541. The lowest BCUT2D eigenvalue weighted by Crippen LogP contribution is -2.55. The molecule has 0 aromatic carbocycles. The van der Waals surface area contributed by atoms with Crippen molar-refractivity contribution in [2.45, 2.75) is 37.8 Å². The van der Waals surface area contributed by atoms with Crippen molar-refractivity contribution in [2.75, 3.05) is 13.1 Å². The SMILES string of the molecule is O=C(O)CN(CC1CC1)C1CC(NC(=O)c2ccnc(-n3cccn3)c2)C1. The molecule has 4 rings (SSSR count). The Morgan fingerprint density at radius 1 is 1.30 bits per heavy atom. The van der Waals surface area contributed by atoms with E-state index < -0.39 is 5.97 Å². The number of carbonyl (C=O) groups is 2. The van der Waals surface area contributed by atoms with Gasteiger partial charge in [-0.25, -0.2) is 9.67 Å². The highest BCUT2D eigenvalue weighted by molar-refractivity contribution is 5.94. The third kappa shape index (κ3) is 4.33. The first kappa shape index (κ1) is 17.7. The second-order valence-corrected chi connectivity index (χ2v) is 7.42. The van der Waals surface area contributed by atoms with Gasteiger partial charge in [0.2, 0.25) is 0 Å². The Morgan fingerprint density at radius 2 is 2.11 bits per heavy atom. The van der Waals surface area contributed by atoms with E-state index in [1.54, 1.807) is 41.5 Å². The standard InChI is InChI=1S/C19H23N5O3/c25-18(26)12-23(11-13-2-3-13)16-9-15(10-16)22-19(27)14-4-6-20-17(8-14)24-7-1-5-21-24/h1,4-8,13,15-16H,2-3,9-12H2,(H,22,27)(H,25,26). The zero-order valence-electron chi connectivity index (χ0n) is 15.0. The van der Waals surface area contributed by atoms with Crippen LogP contribution in [0, 0.1) is 5.92 Å². The van der Waals surface area contributed by atoms with Crippen molar-refractivity contribution >= 4 is 11.9 Å². The number of amides is 1. The Kier molecular flexibility index (Phi) is 4.89. The van der Waals surface area contributed by atoms with E-state index >= 15 is 0 Å². The fourth-order valence-corrected chi connectivity index (χ4v) is 3.51. The van der Waals surface area contributed by atoms with Gasteiger partial charge in [-0.15, -0.1) is 0 Å². The third-order valence-corrected chi connectivity index (χ3v) is 5.24. The fourth-order valence-electron chi connectivity index (χ4n) is 3.51. The van der Waals surface area contributed by atoms with Crippen LogP contribution in [0.15, 0.2) is 36.8 Å². The second-order valence-electron chi connectivity index (χ2n) is 7.42. The first-order valence-corrected chi connectivity index (χ1v) is 9.31. The maximum absolute atomic E-state index is 12.5. The summed E-state index contributed by atoms with van der Waals surface area (Å²) >= 11 is 0. The molecule has 0 aliphatic heterocycles. The average Bonchev–Trinajstić information content (AvgIpc) is 3.25. The Balaban J connectivity index is 1.32. The molecule has 0 atom stereocenters. The molecule has 142 valence electrons. The van der Waals surface area contributed by atoms with Crippen molar-refractivity contribution in [2.24, 2.45) is 5.92 Å². The van der Waals surface area contributed by atoms with Crippen molar-refractivity contribution in [1.82, 2.24) is 25.0 Å². The van der Waals surface area contributed by atoms with Gasteiger partial charge in [0.25, 0.3) is 5.91 Å². The quantitative estimate of drug-likeness (QED) is 0.728. The van der Waals surface area contributed by atoms with Crippen LogP contribution < -0.4 is 5.32 Å². The molecule has 27 heavy (non-hydrogen) atoms. The summed E-state index contributed by atoms with van der Waals surface area (Å²) in [6.07, 6.45) is 9.02. The lowest BCUT2D eigenvalue weighted by molar-refractivity contribution is -0.139. The largest absolute Gasteiger partial charge is 0.480 e. The summed E-state index contributed by atoms with van der Waals surface area (Å²) < 4.78 is 1.61. The molecule has 0 bridgehead atoms. The fraction of sp³-hybridized carbons (Fsp3) is 0.474. The highest BCUT2D eigenvalue weighted by Gasteiger charge is 2.37. The van der Waals surface area contributed by atoms with Gasteiger partial charge in [0, 0.05) is 42.8 Å². The lowest BCUT2D eigenvalue weighted by atomic mass is 9.85. The molecule has 0 saturated heterocycles. The normalized spacial score (nSPS) is 21.7. The van der Waals surface area contributed by atoms with Crippen molar-refractivity contribution in [3.05, 3.63) is 42.4 Å². The summed E-state index contributed by atoms with van der Waals surface area (Å²) in [5, 5.41) is 16.3. The van der Waals surface area contributed by atoms with E-state index in [0.717, 1.165) is 19.4 Å². The van der Waals surface area contributed by atoms with Crippen molar-refractivity contribution < 1.29 is 14.7 Å². The number of nitrogens with zero attached hydrogens (tertiary/aromatic N) is 4. The highest BCUT2D eigenvalue weighted by atomic mass is 16.4. The van der Waals surface area contributed by atoms with Crippen LogP contribution in [0.4, 0.5) is 0 Å². The van der Waals surface area contributed by atoms with Crippen LogP contribution in [0.25, 0.3) is 5.82 Å². The highest BCUT2D eigenvalue weighted by Crippen LogP contribution is 2.33. The van der Waals surface area contributed by atoms with Crippen molar-refractivity contribution in [3.63, 3.8) is 0 Å². The van der Waals surface area contributed by atoms with Crippen LogP contribution in [0.5, 0.6) is 0 Å². The third-order valence-electron chi connectivity index (χ3n) is 5.24. The second kappa shape index (κ2) is 7.48. The van der Waals surface area contributed by atoms with E-state index in [2.05, 4.69) is 20.3 Å². The predicted molar refractivity (Wildman–Crippen MR) is 97.6 cm³/mol. The molecule has 8 heteroatoms. The van der Waals surface area contributed by atoms with Crippen molar-refractivity contribution in [3.8, 4) is 5.82 Å². The molecule has 2 fully saturated rings. The first-order valence-electron chi connectivity index (χ1n) is 9.31. The molecule has 2 aliphatic carbocycles. The number of aliphatic carboxylic acids is 1. The van der Waals surface area contributed by atoms with Crippen LogP contribution in [-0.4, -0.2) is 61.8 Å². The molecular weight excluding hydrogens is 346 g/mol. The topological polar surface area (TPSA) is 100 Å². The molecule has 0 unspecified atom stereocenters. The minimum atomic E-state index is -0.786. The summed E-state index contributed by atoms with van der Waals surface area (Å²) in [5.74, 6) is 0.319. The van der Waals surface area contributed by atoms with Crippen LogP contribution >= 0.6 is 0 Å². The molecule has 0 radical (unpaired) electrons. The number of carboxylic acid groups (broad SMARTS) is 1. The lowest BCUT2D eigenvalue weighted by Gasteiger charge is -2.42. The van der Waals surface area contributed by atoms with Gasteiger partial charge in [0.15, 0.2) is 5.82 Å². The minimum absolute atomic E-state index is 0.0827. The van der Waals surface area contributed by atoms with Gasteiger partial charge >= 0.3 is 5.97 Å². The molecule has 2 aliphatic rings. The van der Waals surface area contributed by atoms with Gasteiger partial charge < -0.3 is 10.4 Å². The Morgan fingerprint density at radius 3 is 2.78 bits per heavy atom. The van der Waals surface area contributed by atoms with E-state index in [-0.39, 0.29) is 24.5 Å². The monoisotopic (exact) mass is 369 g/mol. The van der Waals surface area contributed by atoms with Crippen LogP contribution in [0.1, 0.15) is 36.0 Å². The Labute approximate surface area is 157 Å². The number of hydrogen-bond donors (Lipinski definition) is 2. The van der Waals surface area contributed by atoms with Gasteiger partial charge in [-0.3, -0.25) is 14.5 Å². The summed E-state index contributed by atoms with van der Waals surface area (Å²) in [7, 11) is 0. The molecular formula is C19H23N5O3. The minimum Gasteiger partial charge on any atom is -0.480 e. The molecule has 2 N–H and O–H groups in total. The maximum Gasteiger partial charge on any atom is 0.317 e. The van der Waals surface area contributed by atoms with Crippen LogP contribution in [0.3, 0.4) is 0 Å². The Bertz CT molecular complexity index is 813. The van der Waals surface area contributed by atoms with Crippen LogP contribution in [0.2, 0.25) is 0 Å². The number of carbonyl (C=O) groups excluding carboxylic acids is 1. The number of rotatable bonds is 8. The van der Waals surface area contributed by atoms with Gasteiger partial charge in [0.05, 0.1) is 6.54 Å². The molecule has 1 amide bonds. The average molecular weight is 369 g/mol. The smallest absolute Gasteiger partial charge is 0.317 e. The van der Waals surface area contributed by atoms with Gasteiger partial charge in [-0.05, 0) is 49.8 Å². The summed E-state index contributed by atoms with van der Waals surface area (Å²) in [6.45, 7) is 0.939. The number of aromatic nitrogens is 3. The zero-order chi connectivity index (χ0) is 18.8. The number of pyridine rings is 1. The number of hydrogen-bond acceptors (Lipinski definition) is 5.